The van der Waals surface area contributed by atoms with Crippen molar-refractivity contribution in [3.63, 3.8) is 0 Å². The number of carbonyl (C=O) groups excluding carboxylic acids is 1. The van der Waals surface area contributed by atoms with Gasteiger partial charge in [0.05, 0.1) is 16.1 Å². The number of benzene rings is 1. The highest BCUT2D eigenvalue weighted by atomic mass is 35.5. The molecule has 0 radical (unpaired) electrons. The van der Waals surface area contributed by atoms with Gasteiger partial charge in [-0.25, -0.2) is 4.79 Å². The number of aliphatic hydroxyl groups is 1. The second-order valence-electron chi connectivity index (χ2n) is 3.86. The van der Waals surface area contributed by atoms with E-state index in [1.54, 1.807) is 18.2 Å². The Hall–Kier alpha value is -0.970. The molecule has 6 heteroatoms. The molecular weight excluding hydrogens is 275 g/mol. The number of rotatable bonds is 5. The predicted molar refractivity (Wildman–Crippen MR) is 74.4 cm³/mol. The fourth-order valence-electron chi connectivity index (χ4n) is 1.31. The molecule has 100 valence electrons. The molecule has 0 aromatic heterocycles. The Morgan fingerprint density at radius 1 is 1.39 bits per heavy atom. The number of aliphatic hydroxyl groups excluding tert-OH is 1. The molecule has 0 spiro atoms. The number of carbonyl (C=O) groups is 1. The van der Waals surface area contributed by atoms with E-state index < -0.39 is 0 Å². The van der Waals surface area contributed by atoms with Gasteiger partial charge in [-0.1, -0.05) is 30.1 Å². The Balaban J connectivity index is 2.38. The monoisotopic (exact) mass is 290 g/mol. The zero-order chi connectivity index (χ0) is 13.5. The summed E-state index contributed by atoms with van der Waals surface area (Å²) in [5.74, 6) is 0. The number of hydrogen-bond donors (Lipinski definition) is 3. The number of nitrogens with one attached hydrogen (secondary N) is 2. The van der Waals surface area contributed by atoms with Crippen molar-refractivity contribution >= 4 is 34.9 Å². The molecular formula is C12H16Cl2N2O2. The minimum atomic E-state index is -0.379. The summed E-state index contributed by atoms with van der Waals surface area (Å²) in [5, 5.41) is 15.4. The Bertz CT molecular complexity index is 413. The zero-order valence-corrected chi connectivity index (χ0v) is 11.6. The van der Waals surface area contributed by atoms with E-state index in [-0.39, 0.29) is 12.1 Å². The van der Waals surface area contributed by atoms with Gasteiger partial charge in [-0.05, 0) is 31.0 Å². The second-order valence-corrected chi connectivity index (χ2v) is 4.67. The van der Waals surface area contributed by atoms with Gasteiger partial charge in [0.1, 0.15) is 0 Å². The second kappa shape index (κ2) is 7.46. The predicted octanol–water partition coefficient (Wildman–Crippen LogP) is 3.28. The first-order valence-corrected chi connectivity index (χ1v) is 6.46. The molecule has 0 aliphatic heterocycles. The molecule has 0 aliphatic carbocycles. The lowest BCUT2D eigenvalue weighted by molar-refractivity contribution is 0.160. The highest BCUT2D eigenvalue weighted by Crippen LogP contribution is 2.24. The average Bonchev–Trinajstić information content (AvgIpc) is 2.33. The Morgan fingerprint density at radius 2 is 2.11 bits per heavy atom. The molecule has 3 N–H and O–H groups in total. The van der Waals surface area contributed by atoms with Gasteiger partial charge in [0.25, 0.3) is 0 Å². The van der Waals surface area contributed by atoms with E-state index in [1.165, 1.54) is 0 Å². The van der Waals surface area contributed by atoms with E-state index in [4.69, 9.17) is 23.2 Å². The SMILES string of the molecule is CCC(O)CCNC(=O)Nc1ccc(Cl)c(Cl)c1. The van der Waals surface area contributed by atoms with Gasteiger partial charge in [0, 0.05) is 12.2 Å². The number of urea groups is 1. The molecule has 0 heterocycles. The molecule has 18 heavy (non-hydrogen) atoms. The molecule has 1 aromatic carbocycles. The molecule has 1 aromatic rings. The van der Waals surface area contributed by atoms with Crippen LogP contribution < -0.4 is 10.6 Å². The van der Waals surface area contributed by atoms with Crippen LogP contribution in [0.25, 0.3) is 0 Å². The van der Waals surface area contributed by atoms with Gasteiger partial charge in [0.15, 0.2) is 0 Å². The molecule has 4 nitrogen and oxygen atoms in total. The molecule has 1 unspecified atom stereocenters. The van der Waals surface area contributed by atoms with Gasteiger partial charge in [-0.15, -0.1) is 0 Å². The summed E-state index contributed by atoms with van der Waals surface area (Å²) < 4.78 is 0. The lowest BCUT2D eigenvalue weighted by Crippen LogP contribution is -2.31. The van der Waals surface area contributed by atoms with E-state index in [1.807, 2.05) is 6.92 Å². The Labute approximate surface area is 116 Å². The third-order valence-electron chi connectivity index (χ3n) is 2.41. The van der Waals surface area contributed by atoms with Crippen LogP contribution in [0.2, 0.25) is 10.0 Å². The Kier molecular flexibility index (Phi) is 6.25. The van der Waals surface area contributed by atoms with E-state index in [0.717, 1.165) is 0 Å². The van der Waals surface area contributed by atoms with Crippen LogP contribution in [0.1, 0.15) is 19.8 Å². The lowest BCUT2D eigenvalue weighted by atomic mass is 10.2. The third kappa shape index (κ3) is 5.12. The molecule has 0 saturated carbocycles. The number of anilines is 1. The van der Waals surface area contributed by atoms with Gasteiger partial charge >= 0.3 is 6.03 Å². The van der Waals surface area contributed by atoms with E-state index in [9.17, 15) is 9.90 Å². The van der Waals surface area contributed by atoms with E-state index in [2.05, 4.69) is 10.6 Å². The summed E-state index contributed by atoms with van der Waals surface area (Å²) in [6.07, 6.45) is 0.830. The molecule has 1 atom stereocenters. The van der Waals surface area contributed by atoms with Crippen molar-refractivity contribution in [3.05, 3.63) is 28.2 Å². The topological polar surface area (TPSA) is 61.4 Å². The highest BCUT2D eigenvalue weighted by Gasteiger charge is 2.05. The van der Waals surface area contributed by atoms with Gasteiger partial charge in [-0.3, -0.25) is 0 Å². The number of amides is 2. The van der Waals surface area contributed by atoms with Crippen molar-refractivity contribution in [3.8, 4) is 0 Å². The quantitative estimate of drug-likeness (QED) is 0.779. The molecule has 0 aliphatic rings. The van der Waals surface area contributed by atoms with Crippen molar-refractivity contribution < 1.29 is 9.90 Å². The fraction of sp³-hybridized carbons (Fsp3) is 0.417. The lowest BCUT2D eigenvalue weighted by Gasteiger charge is -2.10. The van der Waals surface area contributed by atoms with Crippen LogP contribution in [0, 0.1) is 0 Å². The molecule has 0 saturated heterocycles. The maximum atomic E-state index is 11.5. The first kappa shape index (κ1) is 15.1. The molecule has 1 rings (SSSR count). The van der Waals surface area contributed by atoms with Crippen molar-refractivity contribution in [2.24, 2.45) is 0 Å². The standard InChI is InChI=1S/C12H16Cl2N2O2/c1-2-9(17)5-6-15-12(18)16-8-3-4-10(13)11(14)7-8/h3-4,7,9,17H,2,5-6H2,1H3,(H2,15,16,18). The van der Waals surface area contributed by atoms with Gasteiger partial charge in [-0.2, -0.15) is 0 Å². The first-order chi connectivity index (χ1) is 8.52. The Morgan fingerprint density at radius 3 is 2.72 bits per heavy atom. The summed E-state index contributed by atoms with van der Waals surface area (Å²) in [6, 6.07) is 4.51. The minimum Gasteiger partial charge on any atom is -0.393 e. The molecule has 0 bridgehead atoms. The largest absolute Gasteiger partial charge is 0.393 e. The number of hydrogen-bond acceptors (Lipinski definition) is 2. The maximum absolute atomic E-state index is 11.5. The van der Waals surface area contributed by atoms with Crippen molar-refractivity contribution in [1.82, 2.24) is 5.32 Å². The van der Waals surface area contributed by atoms with Crippen LogP contribution in [0.4, 0.5) is 10.5 Å². The normalized spacial score (nSPS) is 12.0. The van der Waals surface area contributed by atoms with E-state index >= 15 is 0 Å². The summed E-state index contributed by atoms with van der Waals surface area (Å²) in [5.41, 5.74) is 0.568. The van der Waals surface area contributed by atoms with Crippen LogP contribution in [-0.2, 0) is 0 Å². The molecule has 2 amide bonds. The molecule has 0 fully saturated rings. The number of halogens is 2. The summed E-state index contributed by atoms with van der Waals surface area (Å²) >= 11 is 11.6. The van der Waals surface area contributed by atoms with Crippen LogP contribution in [0.3, 0.4) is 0 Å². The van der Waals surface area contributed by atoms with Crippen molar-refractivity contribution in [2.75, 3.05) is 11.9 Å². The summed E-state index contributed by atoms with van der Waals surface area (Å²) in [6.45, 7) is 2.31. The highest BCUT2D eigenvalue weighted by molar-refractivity contribution is 6.42. The zero-order valence-electron chi connectivity index (χ0n) is 10.0. The van der Waals surface area contributed by atoms with Crippen molar-refractivity contribution in [2.45, 2.75) is 25.9 Å². The maximum Gasteiger partial charge on any atom is 0.319 e. The average molecular weight is 291 g/mol. The van der Waals surface area contributed by atoms with Gasteiger partial charge < -0.3 is 15.7 Å². The first-order valence-electron chi connectivity index (χ1n) is 5.71. The van der Waals surface area contributed by atoms with Gasteiger partial charge in [0.2, 0.25) is 0 Å². The van der Waals surface area contributed by atoms with Crippen LogP contribution >= 0.6 is 23.2 Å². The van der Waals surface area contributed by atoms with Crippen LogP contribution in [0.5, 0.6) is 0 Å². The van der Waals surface area contributed by atoms with Crippen LogP contribution in [-0.4, -0.2) is 23.8 Å². The minimum absolute atomic E-state index is 0.336. The third-order valence-corrected chi connectivity index (χ3v) is 3.15. The summed E-state index contributed by atoms with van der Waals surface area (Å²) in [4.78, 5) is 11.5. The van der Waals surface area contributed by atoms with Crippen LogP contribution in [0.15, 0.2) is 18.2 Å². The van der Waals surface area contributed by atoms with E-state index in [0.29, 0.717) is 35.1 Å². The smallest absolute Gasteiger partial charge is 0.319 e. The van der Waals surface area contributed by atoms with Crippen molar-refractivity contribution in [1.29, 1.82) is 0 Å². The fourth-order valence-corrected chi connectivity index (χ4v) is 1.60. The summed E-state index contributed by atoms with van der Waals surface area (Å²) in [7, 11) is 0.